The van der Waals surface area contributed by atoms with Crippen LogP contribution >= 0.6 is 15.9 Å². The molecule has 1 fully saturated rings. The Bertz CT molecular complexity index is 928. The average Bonchev–Trinajstić information content (AvgIpc) is 3.05. The first-order valence-corrected chi connectivity index (χ1v) is 9.23. The Labute approximate surface area is 154 Å². The van der Waals surface area contributed by atoms with E-state index in [-0.39, 0.29) is 11.5 Å². The normalized spacial score (nSPS) is 15.7. The van der Waals surface area contributed by atoms with Gasteiger partial charge in [-0.25, -0.2) is 4.39 Å². The van der Waals surface area contributed by atoms with Crippen molar-refractivity contribution in [2.24, 2.45) is 0 Å². The van der Waals surface area contributed by atoms with E-state index in [1.54, 1.807) is 17.0 Å². The van der Waals surface area contributed by atoms with Gasteiger partial charge in [0.1, 0.15) is 5.82 Å². The molecule has 0 spiro atoms. The van der Waals surface area contributed by atoms with Crippen LogP contribution in [0.25, 0.3) is 10.9 Å². The van der Waals surface area contributed by atoms with E-state index >= 15 is 0 Å². The number of benzene rings is 2. The highest BCUT2D eigenvalue weighted by molar-refractivity contribution is 9.10. The minimum atomic E-state index is -0.474. The van der Waals surface area contributed by atoms with Gasteiger partial charge >= 0.3 is 0 Å². The van der Waals surface area contributed by atoms with Crippen molar-refractivity contribution in [3.05, 3.63) is 70.1 Å². The highest BCUT2D eigenvalue weighted by Gasteiger charge is 2.27. The van der Waals surface area contributed by atoms with Crippen LogP contribution in [-0.4, -0.2) is 28.9 Å². The van der Waals surface area contributed by atoms with Crippen LogP contribution in [0.15, 0.2) is 53.1 Å². The number of piperidine rings is 1. The zero-order valence-corrected chi connectivity index (χ0v) is 15.2. The third kappa shape index (κ3) is 3.09. The van der Waals surface area contributed by atoms with Crippen LogP contribution in [0.4, 0.5) is 4.39 Å². The van der Waals surface area contributed by atoms with Crippen LogP contribution in [0, 0.1) is 5.82 Å². The Morgan fingerprint density at radius 2 is 1.92 bits per heavy atom. The van der Waals surface area contributed by atoms with E-state index in [2.05, 4.69) is 45.3 Å². The molecule has 0 saturated carbocycles. The van der Waals surface area contributed by atoms with Gasteiger partial charge in [0.15, 0.2) is 0 Å². The molecule has 0 aliphatic carbocycles. The van der Waals surface area contributed by atoms with Crippen LogP contribution in [0.3, 0.4) is 0 Å². The summed E-state index contributed by atoms with van der Waals surface area (Å²) in [5.41, 5.74) is 2.61. The summed E-state index contributed by atoms with van der Waals surface area (Å²) in [6.45, 7) is 1.30. The fourth-order valence-electron chi connectivity index (χ4n) is 3.66. The highest BCUT2D eigenvalue weighted by atomic mass is 79.9. The molecule has 1 N–H and O–H groups in total. The Morgan fingerprint density at radius 1 is 1.16 bits per heavy atom. The molecule has 4 rings (SSSR count). The number of para-hydroxylation sites is 1. The molecular weight excluding hydrogens is 383 g/mol. The summed E-state index contributed by atoms with van der Waals surface area (Å²) in [6, 6.07) is 12.9. The lowest BCUT2D eigenvalue weighted by Gasteiger charge is -2.32. The molecule has 1 aromatic heterocycles. The van der Waals surface area contributed by atoms with E-state index in [0.717, 1.165) is 18.4 Å². The molecule has 0 radical (unpaired) electrons. The van der Waals surface area contributed by atoms with E-state index < -0.39 is 5.82 Å². The third-order valence-electron chi connectivity index (χ3n) is 5.00. The van der Waals surface area contributed by atoms with Crippen LogP contribution in [-0.2, 0) is 0 Å². The third-order valence-corrected chi connectivity index (χ3v) is 5.50. The van der Waals surface area contributed by atoms with E-state index in [1.165, 1.54) is 17.0 Å². The molecule has 2 heterocycles. The lowest BCUT2D eigenvalue weighted by atomic mass is 9.89. The van der Waals surface area contributed by atoms with E-state index in [1.807, 2.05) is 6.07 Å². The second-order valence-corrected chi connectivity index (χ2v) is 7.40. The van der Waals surface area contributed by atoms with Crippen molar-refractivity contribution in [1.29, 1.82) is 0 Å². The number of aromatic amines is 1. The summed E-state index contributed by atoms with van der Waals surface area (Å²) in [5, 5.41) is 1.26. The summed E-state index contributed by atoms with van der Waals surface area (Å²) >= 11 is 3.22. The van der Waals surface area contributed by atoms with Crippen molar-refractivity contribution >= 4 is 32.7 Å². The zero-order chi connectivity index (χ0) is 17.4. The SMILES string of the molecule is O=C(c1ccc(Br)cc1F)N1CCC(c2c[nH]c3ccccc23)CC1. The number of carbonyl (C=O) groups is 1. The highest BCUT2D eigenvalue weighted by Crippen LogP contribution is 2.33. The van der Waals surface area contributed by atoms with Crippen LogP contribution < -0.4 is 0 Å². The monoisotopic (exact) mass is 400 g/mol. The maximum atomic E-state index is 14.0. The Kier molecular flexibility index (Phi) is 4.34. The van der Waals surface area contributed by atoms with Crippen LogP contribution in [0.1, 0.15) is 34.7 Å². The first kappa shape index (κ1) is 16.3. The number of likely N-dealkylation sites (tertiary alicyclic amines) is 1. The molecule has 0 unspecified atom stereocenters. The lowest BCUT2D eigenvalue weighted by Crippen LogP contribution is -2.38. The van der Waals surface area contributed by atoms with Gasteiger partial charge in [-0.05, 0) is 48.6 Å². The van der Waals surface area contributed by atoms with Crippen LogP contribution in [0.2, 0.25) is 0 Å². The number of hydrogen-bond acceptors (Lipinski definition) is 1. The van der Waals surface area contributed by atoms with Gasteiger partial charge < -0.3 is 9.88 Å². The Balaban J connectivity index is 1.49. The van der Waals surface area contributed by atoms with Gasteiger partial charge in [0.05, 0.1) is 5.56 Å². The Morgan fingerprint density at radius 3 is 2.68 bits per heavy atom. The molecule has 1 aliphatic rings. The number of amides is 1. The number of carbonyl (C=O) groups excluding carboxylic acids is 1. The first-order chi connectivity index (χ1) is 12.1. The van der Waals surface area contributed by atoms with Gasteiger partial charge in [-0.3, -0.25) is 4.79 Å². The minimum absolute atomic E-state index is 0.147. The molecule has 1 amide bonds. The van der Waals surface area contributed by atoms with Gasteiger partial charge in [-0.1, -0.05) is 34.1 Å². The lowest BCUT2D eigenvalue weighted by molar-refractivity contribution is 0.0708. The topological polar surface area (TPSA) is 36.1 Å². The molecule has 0 atom stereocenters. The molecular formula is C20H18BrFN2O. The van der Waals surface area contributed by atoms with Gasteiger partial charge in [0.25, 0.3) is 5.91 Å². The number of halogens is 2. The molecule has 1 saturated heterocycles. The summed E-state index contributed by atoms with van der Waals surface area (Å²) in [6.07, 6.45) is 3.87. The number of rotatable bonds is 2. The van der Waals surface area contributed by atoms with E-state index in [9.17, 15) is 9.18 Å². The fraction of sp³-hybridized carbons (Fsp3) is 0.250. The van der Waals surface area contributed by atoms with Crippen molar-refractivity contribution in [2.45, 2.75) is 18.8 Å². The van der Waals surface area contributed by atoms with Crippen molar-refractivity contribution < 1.29 is 9.18 Å². The second kappa shape index (κ2) is 6.64. The molecule has 128 valence electrons. The predicted octanol–water partition coefficient (Wildman–Crippen LogP) is 5.09. The molecule has 0 bridgehead atoms. The number of nitrogens with one attached hydrogen (secondary N) is 1. The number of aromatic nitrogens is 1. The van der Waals surface area contributed by atoms with E-state index in [4.69, 9.17) is 0 Å². The van der Waals surface area contributed by atoms with Crippen LogP contribution in [0.5, 0.6) is 0 Å². The van der Waals surface area contributed by atoms with Gasteiger partial charge in [0.2, 0.25) is 0 Å². The molecule has 2 aromatic carbocycles. The van der Waals surface area contributed by atoms with Crippen molar-refractivity contribution in [1.82, 2.24) is 9.88 Å². The maximum absolute atomic E-state index is 14.0. The fourth-order valence-corrected chi connectivity index (χ4v) is 3.99. The second-order valence-electron chi connectivity index (χ2n) is 6.48. The van der Waals surface area contributed by atoms with Gasteiger partial charge in [-0.15, -0.1) is 0 Å². The summed E-state index contributed by atoms with van der Waals surface area (Å²) in [5.74, 6) is -0.268. The maximum Gasteiger partial charge on any atom is 0.256 e. The van der Waals surface area contributed by atoms with E-state index in [0.29, 0.717) is 23.5 Å². The van der Waals surface area contributed by atoms with Crippen molar-refractivity contribution in [3.63, 3.8) is 0 Å². The Hall–Kier alpha value is -2.14. The average molecular weight is 401 g/mol. The number of fused-ring (bicyclic) bond motifs is 1. The molecule has 3 nitrogen and oxygen atoms in total. The number of hydrogen-bond donors (Lipinski definition) is 1. The van der Waals surface area contributed by atoms with Crippen molar-refractivity contribution in [2.75, 3.05) is 13.1 Å². The standard InChI is InChI=1S/C20H18BrFN2O/c21-14-5-6-16(18(22)11-14)20(25)24-9-7-13(8-10-24)17-12-23-19-4-2-1-3-15(17)19/h1-6,11-13,23H,7-10H2. The predicted molar refractivity (Wildman–Crippen MR) is 100 cm³/mol. The minimum Gasteiger partial charge on any atom is -0.361 e. The number of H-pyrrole nitrogens is 1. The summed E-state index contributed by atoms with van der Waals surface area (Å²) in [7, 11) is 0. The smallest absolute Gasteiger partial charge is 0.256 e. The summed E-state index contributed by atoms with van der Waals surface area (Å²) in [4.78, 5) is 17.7. The van der Waals surface area contributed by atoms with Crippen molar-refractivity contribution in [3.8, 4) is 0 Å². The molecule has 25 heavy (non-hydrogen) atoms. The zero-order valence-electron chi connectivity index (χ0n) is 13.6. The largest absolute Gasteiger partial charge is 0.361 e. The molecule has 1 aliphatic heterocycles. The number of nitrogens with zero attached hydrogens (tertiary/aromatic N) is 1. The first-order valence-electron chi connectivity index (χ1n) is 8.44. The molecule has 3 aromatic rings. The molecule has 5 heteroatoms. The quantitative estimate of drug-likeness (QED) is 0.638. The van der Waals surface area contributed by atoms with Gasteiger partial charge in [0, 0.05) is 34.7 Å². The summed E-state index contributed by atoms with van der Waals surface area (Å²) < 4.78 is 14.7. The van der Waals surface area contributed by atoms with Gasteiger partial charge in [-0.2, -0.15) is 0 Å².